The minimum absolute atomic E-state index is 0.00532. The van der Waals surface area contributed by atoms with Crippen molar-refractivity contribution in [3.63, 3.8) is 0 Å². The van der Waals surface area contributed by atoms with Gasteiger partial charge in [0.1, 0.15) is 12.8 Å². The number of nitrogens with zero attached hydrogens (tertiary/aromatic N) is 2. The van der Waals surface area contributed by atoms with Gasteiger partial charge in [-0.3, -0.25) is 24.1 Å². The lowest BCUT2D eigenvalue weighted by Gasteiger charge is -2.33. The quantitative estimate of drug-likeness (QED) is 0.140. The van der Waals surface area contributed by atoms with E-state index in [0.29, 0.717) is 37.7 Å². The molecule has 1 aromatic carbocycles. The van der Waals surface area contributed by atoms with E-state index in [0.717, 1.165) is 4.90 Å². The predicted octanol–water partition coefficient (Wildman–Crippen LogP) is 0.955. The van der Waals surface area contributed by atoms with Crippen LogP contribution in [0.2, 0.25) is 0 Å². The SMILES string of the molecule is COCCOCCOCOCCCOC(=O)OCN1C(=O)CCC(N2C(=O)c3ccccc3C2=O)C1=O. The van der Waals surface area contributed by atoms with Crippen LogP contribution in [0.4, 0.5) is 4.79 Å². The number of piperidine rings is 1. The van der Waals surface area contributed by atoms with Gasteiger partial charge in [-0.25, -0.2) is 9.69 Å². The van der Waals surface area contributed by atoms with Crippen molar-refractivity contribution < 1.29 is 52.4 Å². The molecule has 1 atom stereocenters. The molecule has 0 spiro atoms. The Balaban J connectivity index is 1.33. The minimum Gasteiger partial charge on any atom is -0.434 e. The lowest BCUT2D eigenvalue weighted by Crippen LogP contribution is -2.56. The highest BCUT2D eigenvalue weighted by atomic mass is 16.7. The molecule has 13 nitrogen and oxygen atoms in total. The zero-order valence-electron chi connectivity index (χ0n) is 20.6. The summed E-state index contributed by atoms with van der Waals surface area (Å²) in [6, 6.07) is 5.08. The third-order valence-corrected chi connectivity index (χ3v) is 5.56. The second-order valence-electron chi connectivity index (χ2n) is 8.01. The second-order valence-corrected chi connectivity index (χ2v) is 8.01. The molecular weight excluding hydrogens is 492 g/mol. The fraction of sp³-hybridized carbons (Fsp3) is 0.542. The van der Waals surface area contributed by atoms with Gasteiger partial charge in [-0.1, -0.05) is 12.1 Å². The summed E-state index contributed by atoms with van der Waals surface area (Å²) in [6.45, 7) is 1.42. The molecule has 2 heterocycles. The van der Waals surface area contributed by atoms with E-state index < -0.39 is 42.6 Å². The average Bonchev–Trinajstić information content (AvgIpc) is 3.14. The Labute approximate surface area is 213 Å². The molecule has 2 aliphatic heterocycles. The summed E-state index contributed by atoms with van der Waals surface area (Å²) in [5, 5.41) is 0. The van der Waals surface area contributed by atoms with Gasteiger partial charge in [-0.2, -0.15) is 0 Å². The molecule has 13 heteroatoms. The van der Waals surface area contributed by atoms with Gasteiger partial charge in [0.05, 0.1) is 50.8 Å². The first kappa shape index (κ1) is 28.2. The van der Waals surface area contributed by atoms with Crippen molar-refractivity contribution in [3.05, 3.63) is 35.4 Å². The Hall–Kier alpha value is -3.39. The third kappa shape index (κ3) is 7.55. The highest BCUT2D eigenvalue weighted by Crippen LogP contribution is 2.29. The van der Waals surface area contributed by atoms with Gasteiger partial charge in [0, 0.05) is 20.0 Å². The molecule has 1 unspecified atom stereocenters. The zero-order valence-corrected chi connectivity index (χ0v) is 20.6. The van der Waals surface area contributed by atoms with E-state index in [9.17, 15) is 24.0 Å². The fourth-order valence-electron chi connectivity index (χ4n) is 3.70. The van der Waals surface area contributed by atoms with E-state index in [2.05, 4.69) is 0 Å². The molecule has 1 fully saturated rings. The van der Waals surface area contributed by atoms with Gasteiger partial charge >= 0.3 is 6.16 Å². The number of benzene rings is 1. The summed E-state index contributed by atoms with van der Waals surface area (Å²) in [5.74, 6) is -2.58. The van der Waals surface area contributed by atoms with Gasteiger partial charge in [-0.05, 0) is 18.6 Å². The number of hydrogen-bond acceptors (Lipinski definition) is 11. The number of fused-ring (bicyclic) bond motifs is 1. The largest absolute Gasteiger partial charge is 0.510 e. The Morgan fingerprint density at radius 2 is 1.51 bits per heavy atom. The maximum atomic E-state index is 12.9. The van der Waals surface area contributed by atoms with Crippen molar-refractivity contribution in [2.75, 3.05) is 60.3 Å². The first-order chi connectivity index (χ1) is 18.0. The van der Waals surface area contributed by atoms with Crippen LogP contribution in [0.15, 0.2) is 24.3 Å². The molecule has 3 rings (SSSR count). The van der Waals surface area contributed by atoms with E-state index >= 15 is 0 Å². The van der Waals surface area contributed by atoms with Crippen LogP contribution in [0.5, 0.6) is 0 Å². The molecule has 4 amide bonds. The third-order valence-electron chi connectivity index (χ3n) is 5.56. The van der Waals surface area contributed by atoms with Crippen LogP contribution in [0.1, 0.15) is 40.0 Å². The molecular formula is C24H30N2O11. The second kappa shape index (κ2) is 14.4. The summed E-state index contributed by atoms with van der Waals surface area (Å²) in [5.41, 5.74) is 0.400. The van der Waals surface area contributed by atoms with Crippen molar-refractivity contribution in [2.45, 2.75) is 25.3 Å². The van der Waals surface area contributed by atoms with Crippen LogP contribution >= 0.6 is 0 Å². The van der Waals surface area contributed by atoms with Crippen LogP contribution < -0.4 is 0 Å². The smallest absolute Gasteiger partial charge is 0.434 e. The van der Waals surface area contributed by atoms with Crippen molar-refractivity contribution in [1.82, 2.24) is 9.80 Å². The molecule has 1 aromatic rings. The number of hydrogen-bond donors (Lipinski definition) is 0. The molecule has 0 aliphatic carbocycles. The molecule has 0 saturated carbocycles. The maximum Gasteiger partial charge on any atom is 0.510 e. The van der Waals surface area contributed by atoms with E-state index in [1.54, 1.807) is 19.2 Å². The Morgan fingerprint density at radius 1 is 0.865 bits per heavy atom. The number of carbonyl (C=O) groups is 5. The summed E-state index contributed by atoms with van der Waals surface area (Å²) in [4.78, 5) is 64.1. The fourth-order valence-corrected chi connectivity index (χ4v) is 3.70. The van der Waals surface area contributed by atoms with Crippen LogP contribution in [-0.2, 0) is 38.0 Å². The predicted molar refractivity (Wildman–Crippen MR) is 123 cm³/mol. The minimum atomic E-state index is -1.17. The lowest BCUT2D eigenvalue weighted by molar-refractivity contribution is -0.156. The van der Waals surface area contributed by atoms with Gasteiger partial charge in [0.25, 0.3) is 17.7 Å². The highest BCUT2D eigenvalue weighted by Gasteiger charge is 2.47. The summed E-state index contributed by atoms with van der Waals surface area (Å²) in [6.07, 6.45) is -0.810. The van der Waals surface area contributed by atoms with Gasteiger partial charge in [0.2, 0.25) is 5.91 Å². The van der Waals surface area contributed by atoms with Crippen molar-refractivity contribution in [3.8, 4) is 0 Å². The van der Waals surface area contributed by atoms with Crippen molar-refractivity contribution in [1.29, 1.82) is 0 Å². The summed E-state index contributed by atoms with van der Waals surface area (Å²) in [7, 11) is 1.59. The van der Waals surface area contributed by atoms with Gasteiger partial charge in [0.15, 0.2) is 6.73 Å². The van der Waals surface area contributed by atoms with Crippen LogP contribution in [0.25, 0.3) is 0 Å². The number of imide groups is 2. The van der Waals surface area contributed by atoms with Crippen LogP contribution in [0, 0.1) is 0 Å². The van der Waals surface area contributed by atoms with Crippen molar-refractivity contribution >= 4 is 29.8 Å². The number of likely N-dealkylation sites (tertiary alicyclic amines) is 1. The monoisotopic (exact) mass is 522 g/mol. The normalized spacial score (nSPS) is 17.4. The standard InChI is InChI=1S/C24H30N2O11/c1-32-11-12-33-13-14-35-16-34-9-4-10-36-24(31)37-15-25-20(27)8-7-19(23(25)30)26-21(28)17-5-2-3-6-18(17)22(26)29/h2-3,5-6,19H,4,7-16H2,1H3. The summed E-state index contributed by atoms with van der Waals surface area (Å²) < 4.78 is 30.3. The Bertz CT molecular complexity index is 948. The molecule has 0 bridgehead atoms. The highest BCUT2D eigenvalue weighted by molar-refractivity contribution is 6.23. The summed E-state index contributed by atoms with van der Waals surface area (Å²) >= 11 is 0. The van der Waals surface area contributed by atoms with E-state index in [1.165, 1.54) is 12.1 Å². The van der Waals surface area contributed by atoms with Crippen LogP contribution in [0.3, 0.4) is 0 Å². The van der Waals surface area contributed by atoms with Gasteiger partial charge in [-0.15, -0.1) is 0 Å². The zero-order chi connectivity index (χ0) is 26.6. The first-order valence-corrected chi connectivity index (χ1v) is 11.8. The molecule has 1 saturated heterocycles. The van der Waals surface area contributed by atoms with E-state index in [-0.39, 0.29) is 44.0 Å². The molecule has 0 radical (unpaired) electrons. The number of ether oxygens (including phenoxy) is 6. The number of methoxy groups -OCH3 is 1. The Kier molecular flexibility index (Phi) is 11.0. The lowest BCUT2D eigenvalue weighted by atomic mass is 10.0. The average molecular weight is 523 g/mol. The molecule has 0 aromatic heterocycles. The molecule has 37 heavy (non-hydrogen) atoms. The molecule has 0 N–H and O–H groups in total. The first-order valence-electron chi connectivity index (χ1n) is 11.8. The van der Waals surface area contributed by atoms with Crippen molar-refractivity contribution in [2.24, 2.45) is 0 Å². The molecule has 2 aliphatic rings. The van der Waals surface area contributed by atoms with E-state index in [4.69, 9.17) is 28.4 Å². The maximum absolute atomic E-state index is 12.9. The van der Waals surface area contributed by atoms with Crippen LogP contribution in [-0.4, -0.2) is 106 Å². The number of amides is 4. The van der Waals surface area contributed by atoms with Gasteiger partial charge < -0.3 is 28.4 Å². The topological polar surface area (TPSA) is 147 Å². The Morgan fingerprint density at radius 3 is 2.22 bits per heavy atom. The number of carbonyl (C=O) groups excluding carboxylic acids is 5. The molecule has 202 valence electrons. The number of rotatable bonds is 15. The van der Waals surface area contributed by atoms with E-state index in [1.807, 2.05) is 0 Å².